The Morgan fingerprint density at radius 3 is 2.21 bits per heavy atom. The van der Waals surface area contributed by atoms with Gasteiger partial charge < -0.3 is 0 Å². The van der Waals surface area contributed by atoms with E-state index >= 15 is 0 Å². The molecule has 2 rings (SSSR count). The molecule has 1 aliphatic carbocycles. The highest BCUT2D eigenvalue weighted by molar-refractivity contribution is 7.89. The number of nitrogens with zero attached hydrogens (tertiary/aromatic N) is 1. The van der Waals surface area contributed by atoms with Crippen LogP contribution in [0.25, 0.3) is 0 Å². The molecule has 0 aromatic carbocycles. The average Bonchev–Trinajstić information content (AvgIpc) is 2.88. The van der Waals surface area contributed by atoms with Gasteiger partial charge in [0.05, 0.1) is 5.75 Å². The number of hydrogen-bond donors (Lipinski definition) is 0. The van der Waals surface area contributed by atoms with Crippen molar-refractivity contribution in [1.82, 2.24) is 4.31 Å². The standard InChI is InChI=1S/C9H16ClNO2S/c10-9-3-5-11(6-4-9)14(12,13)7-8-1-2-8/h8-9H,1-7H2. The molecular formula is C9H16ClNO2S. The molecule has 82 valence electrons. The maximum Gasteiger partial charge on any atom is 0.214 e. The molecule has 14 heavy (non-hydrogen) atoms. The fourth-order valence-corrected chi connectivity index (χ4v) is 3.89. The van der Waals surface area contributed by atoms with Crippen molar-refractivity contribution in [2.75, 3.05) is 18.8 Å². The van der Waals surface area contributed by atoms with E-state index in [0.29, 0.717) is 24.8 Å². The van der Waals surface area contributed by atoms with Crippen molar-refractivity contribution in [1.29, 1.82) is 0 Å². The average molecular weight is 238 g/mol. The summed E-state index contributed by atoms with van der Waals surface area (Å²) < 4.78 is 25.3. The molecule has 2 aliphatic rings. The van der Waals surface area contributed by atoms with Crippen LogP contribution in [0, 0.1) is 5.92 Å². The van der Waals surface area contributed by atoms with Crippen LogP contribution >= 0.6 is 11.6 Å². The van der Waals surface area contributed by atoms with Crippen molar-refractivity contribution in [3.05, 3.63) is 0 Å². The van der Waals surface area contributed by atoms with E-state index in [1.807, 2.05) is 0 Å². The summed E-state index contributed by atoms with van der Waals surface area (Å²) >= 11 is 5.93. The number of alkyl halides is 1. The van der Waals surface area contributed by atoms with Crippen LogP contribution in [0.1, 0.15) is 25.7 Å². The minimum Gasteiger partial charge on any atom is -0.212 e. The van der Waals surface area contributed by atoms with E-state index in [1.165, 1.54) is 0 Å². The first-order valence-corrected chi connectivity index (χ1v) is 7.24. The molecule has 2 fully saturated rings. The second kappa shape index (κ2) is 3.99. The molecule has 0 unspecified atom stereocenters. The maximum absolute atomic E-state index is 11.8. The zero-order valence-corrected chi connectivity index (χ0v) is 9.73. The highest BCUT2D eigenvalue weighted by Gasteiger charge is 2.33. The molecule has 1 heterocycles. The zero-order chi connectivity index (χ0) is 10.2. The summed E-state index contributed by atoms with van der Waals surface area (Å²) in [4.78, 5) is 0. The normalized spacial score (nSPS) is 26.6. The van der Waals surface area contributed by atoms with Crippen LogP contribution in [-0.4, -0.2) is 36.9 Å². The second-order valence-corrected chi connectivity index (χ2v) is 6.93. The Hall–Kier alpha value is 0.200. The molecule has 0 spiro atoms. The first-order chi connectivity index (χ1) is 6.58. The zero-order valence-electron chi connectivity index (χ0n) is 8.15. The monoisotopic (exact) mass is 237 g/mol. The van der Waals surface area contributed by atoms with Crippen molar-refractivity contribution in [2.24, 2.45) is 5.92 Å². The lowest BCUT2D eigenvalue weighted by molar-refractivity contribution is 0.349. The van der Waals surface area contributed by atoms with Gasteiger partial charge in [-0.2, -0.15) is 0 Å². The predicted octanol–water partition coefficient (Wildman–Crippen LogP) is 1.43. The summed E-state index contributed by atoms with van der Waals surface area (Å²) in [6.45, 7) is 1.23. The van der Waals surface area contributed by atoms with Gasteiger partial charge in [-0.3, -0.25) is 0 Å². The molecule has 0 bridgehead atoms. The SMILES string of the molecule is O=S(=O)(CC1CC1)N1CCC(Cl)CC1. The molecule has 0 aromatic rings. The van der Waals surface area contributed by atoms with E-state index in [-0.39, 0.29) is 5.38 Å². The van der Waals surface area contributed by atoms with Crippen LogP contribution in [0.3, 0.4) is 0 Å². The van der Waals surface area contributed by atoms with Crippen LogP contribution in [-0.2, 0) is 10.0 Å². The lowest BCUT2D eigenvalue weighted by Gasteiger charge is -2.28. The van der Waals surface area contributed by atoms with Gasteiger partial charge >= 0.3 is 0 Å². The summed E-state index contributed by atoms with van der Waals surface area (Å²) in [6, 6.07) is 0. The smallest absolute Gasteiger partial charge is 0.212 e. The van der Waals surface area contributed by atoms with Gasteiger partial charge in [0.1, 0.15) is 0 Å². The van der Waals surface area contributed by atoms with Gasteiger partial charge in [-0.15, -0.1) is 11.6 Å². The van der Waals surface area contributed by atoms with E-state index in [9.17, 15) is 8.42 Å². The van der Waals surface area contributed by atoms with Crippen molar-refractivity contribution < 1.29 is 8.42 Å². The number of halogens is 1. The summed E-state index contributed by atoms with van der Waals surface area (Å²) in [5.41, 5.74) is 0. The molecule has 3 nitrogen and oxygen atoms in total. The fraction of sp³-hybridized carbons (Fsp3) is 1.00. The summed E-state index contributed by atoms with van der Waals surface area (Å²) in [5, 5.41) is 0.169. The van der Waals surface area contributed by atoms with Crippen LogP contribution in [0.15, 0.2) is 0 Å². The molecule has 1 saturated heterocycles. The van der Waals surface area contributed by atoms with Gasteiger partial charge in [-0.05, 0) is 31.6 Å². The molecule has 0 aromatic heterocycles. The van der Waals surface area contributed by atoms with E-state index in [0.717, 1.165) is 25.7 Å². The van der Waals surface area contributed by atoms with Crippen molar-refractivity contribution in [2.45, 2.75) is 31.1 Å². The Morgan fingerprint density at radius 1 is 1.14 bits per heavy atom. The summed E-state index contributed by atoms with van der Waals surface area (Å²) in [7, 11) is -2.97. The van der Waals surface area contributed by atoms with Gasteiger partial charge in [-0.1, -0.05) is 0 Å². The first-order valence-electron chi connectivity index (χ1n) is 5.20. The Morgan fingerprint density at radius 2 is 1.71 bits per heavy atom. The van der Waals surface area contributed by atoms with E-state index in [2.05, 4.69) is 0 Å². The second-order valence-electron chi connectivity index (χ2n) is 4.30. The number of sulfonamides is 1. The van der Waals surface area contributed by atoms with Crippen LogP contribution in [0.2, 0.25) is 0 Å². The molecule has 0 radical (unpaired) electrons. The minimum absolute atomic E-state index is 0.169. The lowest BCUT2D eigenvalue weighted by atomic mass is 10.2. The van der Waals surface area contributed by atoms with Crippen molar-refractivity contribution in [3.63, 3.8) is 0 Å². The predicted molar refractivity (Wildman–Crippen MR) is 57.0 cm³/mol. The highest BCUT2D eigenvalue weighted by Crippen LogP contribution is 2.32. The third-order valence-electron chi connectivity index (χ3n) is 2.92. The first kappa shape index (κ1) is 10.7. The van der Waals surface area contributed by atoms with Gasteiger partial charge in [0.25, 0.3) is 0 Å². The third-order valence-corrected chi connectivity index (χ3v) is 5.40. The van der Waals surface area contributed by atoms with E-state index in [1.54, 1.807) is 4.31 Å². The molecule has 1 saturated carbocycles. The number of rotatable bonds is 3. The Balaban J connectivity index is 1.92. The quantitative estimate of drug-likeness (QED) is 0.697. The van der Waals surface area contributed by atoms with Gasteiger partial charge in [0.2, 0.25) is 10.0 Å². The van der Waals surface area contributed by atoms with Crippen LogP contribution in [0.4, 0.5) is 0 Å². The molecule has 0 N–H and O–H groups in total. The van der Waals surface area contributed by atoms with E-state index < -0.39 is 10.0 Å². The highest BCUT2D eigenvalue weighted by atomic mass is 35.5. The van der Waals surface area contributed by atoms with Crippen molar-refractivity contribution >= 4 is 21.6 Å². The Bertz CT molecular complexity index is 292. The van der Waals surface area contributed by atoms with Crippen LogP contribution < -0.4 is 0 Å². The molecule has 5 heteroatoms. The van der Waals surface area contributed by atoms with Gasteiger partial charge in [0.15, 0.2) is 0 Å². The molecule has 0 amide bonds. The van der Waals surface area contributed by atoms with Crippen LogP contribution in [0.5, 0.6) is 0 Å². The maximum atomic E-state index is 11.8. The minimum atomic E-state index is -2.97. The summed E-state index contributed by atoms with van der Waals surface area (Å²) in [5.74, 6) is 0.800. The number of hydrogen-bond acceptors (Lipinski definition) is 2. The molecule has 1 aliphatic heterocycles. The topological polar surface area (TPSA) is 37.4 Å². The number of piperidine rings is 1. The Kier molecular flexibility index (Phi) is 3.05. The lowest BCUT2D eigenvalue weighted by Crippen LogP contribution is -2.40. The fourth-order valence-electron chi connectivity index (χ4n) is 1.79. The van der Waals surface area contributed by atoms with Gasteiger partial charge in [-0.25, -0.2) is 12.7 Å². The Labute approximate surface area is 90.5 Å². The largest absolute Gasteiger partial charge is 0.214 e. The third kappa shape index (κ3) is 2.61. The van der Waals surface area contributed by atoms with Gasteiger partial charge in [0, 0.05) is 18.5 Å². The molecular weight excluding hydrogens is 222 g/mol. The molecule has 0 atom stereocenters. The summed E-state index contributed by atoms with van der Waals surface area (Å²) in [6.07, 6.45) is 3.77. The van der Waals surface area contributed by atoms with Crippen molar-refractivity contribution in [3.8, 4) is 0 Å². The van der Waals surface area contributed by atoms with E-state index in [4.69, 9.17) is 11.6 Å².